The summed E-state index contributed by atoms with van der Waals surface area (Å²) in [6.45, 7) is 6.10. The van der Waals surface area contributed by atoms with Gasteiger partial charge in [0, 0.05) is 18.7 Å². The van der Waals surface area contributed by atoms with Crippen molar-refractivity contribution in [2.24, 2.45) is 0 Å². The molecule has 0 atom stereocenters. The SMILES string of the molecule is C#SCCNC(=O)CC(=C)C. The summed E-state index contributed by atoms with van der Waals surface area (Å²) in [4.78, 5) is 10.9. The Morgan fingerprint density at radius 3 is 2.82 bits per heavy atom. The quantitative estimate of drug-likeness (QED) is 0.502. The maximum Gasteiger partial charge on any atom is 0.224 e. The second-order valence-corrected chi connectivity index (χ2v) is 3.10. The molecule has 0 unspecified atom stereocenters. The molecule has 3 heteroatoms. The lowest BCUT2D eigenvalue weighted by Gasteiger charge is -2.00. The van der Waals surface area contributed by atoms with Crippen LogP contribution in [0.25, 0.3) is 0 Å². The highest BCUT2D eigenvalue weighted by Gasteiger charge is 1.98. The summed E-state index contributed by atoms with van der Waals surface area (Å²) >= 11 is 1.23. The smallest absolute Gasteiger partial charge is 0.224 e. The average Bonchev–Trinajstić information content (AvgIpc) is 1.86. The highest BCUT2D eigenvalue weighted by Crippen LogP contribution is 1.93. The van der Waals surface area contributed by atoms with Gasteiger partial charge in [0.2, 0.25) is 5.91 Å². The Bertz CT molecular complexity index is 193. The topological polar surface area (TPSA) is 29.1 Å². The first-order valence-electron chi connectivity index (χ1n) is 3.39. The summed E-state index contributed by atoms with van der Waals surface area (Å²) in [5.74, 6) is 0.772. The molecule has 0 bridgehead atoms. The Morgan fingerprint density at radius 1 is 1.73 bits per heavy atom. The number of hydrogen-bond acceptors (Lipinski definition) is 1. The third kappa shape index (κ3) is 7.10. The predicted octanol–water partition coefficient (Wildman–Crippen LogP) is 1.39. The molecule has 0 heterocycles. The molecule has 0 aromatic heterocycles. The van der Waals surface area contributed by atoms with Crippen LogP contribution in [0, 0.1) is 5.69 Å². The van der Waals surface area contributed by atoms with Gasteiger partial charge in [0.05, 0.1) is 0 Å². The van der Waals surface area contributed by atoms with E-state index < -0.39 is 0 Å². The lowest BCUT2D eigenvalue weighted by Crippen LogP contribution is -2.25. The number of rotatable bonds is 4. The van der Waals surface area contributed by atoms with Crippen LogP contribution in [0.2, 0.25) is 0 Å². The van der Waals surface area contributed by atoms with Crippen LogP contribution in [0.3, 0.4) is 0 Å². The van der Waals surface area contributed by atoms with Gasteiger partial charge in [0.1, 0.15) is 0 Å². The average molecular weight is 171 g/mol. The molecule has 62 valence electrons. The van der Waals surface area contributed by atoms with Crippen LogP contribution >= 0.6 is 11.2 Å². The molecule has 11 heavy (non-hydrogen) atoms. The van der Waals surface area contributed by atoms with E-state index in [1.54, 1.807) is 0 Å². The van der Waals surface area contributed by atoms with Crippen molar-refractivity contribution in [2.45, 2.75) is 13.3 Å². The third-order valence-electron chi connectivity index (χ3n) is 1.00. The van der Waals surface area contributed by atoms with Gasteiger partial charge in [0.15, 0.2) is 0 Å². The Labute approximate surface area is 71.3 Å². The Morgan fingerprint density at radius 2 is 2.36 bits per heavy atom. The Balaban J connectivity index is 3.39. The Hall–Kier alpha value is -0.790. The number of amides is 1. The lowest BCUT2D eigenvalue weighted by atomic mass is 10.2. The number of carbonyl (C=O) groups excluding carboxylic acids is 1. The molecule has 0 rings (SSSR count). The van der Waals surface area contributed by atoms with Crippen molar-refractivity contribution >= 4 is 17.1 Å². The first-order valence-corrected chi connectivity index (χ1v) is 4.44. The fraction of sp³-hybridized carbons (Fsp3) is 0.500. The van der Waals surface area contributed by atoms with Crippen molar-refractivity contribution in [1.29, 1.82) is 0 Å². The highest BCUT2D eigenvalue weighted by atomic mass is 32.1. The molecule has 1 amide bonds. The van der Waals surface area contributed by atoms with E-state index in [1.165, 1.54) is 11.2 Å². The Kier molecular flexibility index (Phi) is 5.53. The van der Waals surface area contributed by atoms with Crippen LogP contribution in [0.4, 0.5) is 0 Å². The van der Waals surface area contributed by atoms with Crippen molar-refractivity contribution in [2.75, 3.05) is 12.3 Å². The minimum atomic E-state index is 0.0200. The minimum Gasteiger partial charge on any atom is -0.355 e. The summed E-state index contributed by atoms with van der Waals surface area (Å²) in [5.41, 5.74) is 6.04. The van der Waals surface area contributed by atoms with E-state index in [9.17, 15) is 4.79 Å². The van der Waals surface area contributed by atoms with Gasteiger partial charge in [-0.05, 0) is 6.92 Å². The molecule has 0 aliphatic carbocycles. The normalized spacial score (nSPS) is 8.73. The van der Waals surface area contributed by atoms with Crippen LogP contribution in [0.5, 0.6) is 0 Å². The molecule has 0 spiro atoms. The van der Waals surface area contributed by atoms with E-state index in [4.69, 9.17) is 5.69 Å². The van der Waals surface area contributed by atoms with Gasteiger partial charge in [-0.2, -0.15) is 0 Å². The molecule has 2 nitrogen and oxygen atoms in total. The zero-order chi connectivity index (χ0) is 8.69. The molecule has 0 fully saturated rings. The molecule has 0 aromatic carbocycles. The van der Waals surface area contributed by atoms with Gasteiger partial charge in [-0.3, -0.25) is 4.79 Å². The van der Waals surface area contributed by atoms with Gasteiger partial charge in [0.25, 0.3) is 0 Å². The van der Waals surface area contributed by atoms with E-state index in [0.29, 0.717) is 13.0 Å². The zero-order valence-electron chi connectivity index (χ0n) is 6.72. The van der Waals surface area contributed by atoms with Crippen molar-refractivity contribution < 1.29 is 4.79 Å². The second-order valence-electron chi connectivity index (χ2n) is 2.35. The maximum absolute atomic E-state index is 10.9. The van der Waals surface area contributed by atoms with Crippen molar-refractivity contribution in [3.05, 3.63) is 12.2 Å². The molecule has 0 aliphatic heterocycles. The highest BCUT2D eigenvalue weighted by molar-refractivity contribution is 7.88. The fourth-order valence-electron chi connectivity index (χ4n) is 0.586. The number of nitrogens with one attached hydrogen (secondary N) is 1. The van der Waals surface area contributed by atoms with Gasteiger partial charge in [-0.15, -0.1) is 16.9 Å². The summed E-state index contributed by atoms with van der Waals surface area (Å²) in [6, 6.07) is 0. The monoisotopic (exact) mass is 171 g/mol. The van der Waals surface area contributed by atoms with E-state index in [-0.39, 0.29) is 5.91 Å². The van der Waals surface area contributed by atoms with Gasteiger partial charge in [-0.25, -0.2) is 0 Å². The van der Waals surface area contributed by atoms with E-state index in [1.807, 2.05) is 6.92 Å². The maximum atomic E-state index is 10.9. The van der Waals surface area contributed by atoms with E-state index in [2.05, 4.69) is 11.9 Å². The standard InChI is InChI=1S/C8H13NOS/c1-7(2)6-8(10)9-4-5-11-3/h3H,1,4-6H2,2H3,(H,9,10). The molecule has 0 aliphatic rings. The van der Waals surface area contributed by atoms with Crippen molar-refractivity contribution in [3.8, 4) is 5.69 Å². The molecule has 0 saturated carbocycles. The van der Waals surface area contributed by atoms with Crippen LogP contribution in [0.15, 0.2) is 12.2 Å². The number of hydrogen-bond donors (Lipinski definition) is 1. The van der Waals surface area contributed by atoms with Gasteiger partial charge < -0.3 is 5.32 Å². The minimum absolute atomic E-state index is 0.0200. The summed E-state index contributed by atoms with van der Waals surface area (Å²) in [6.07, 6.45) is 0.412. The van der Waals surface area contributed by atoms with Crippen LogP contribution in [0.1, 0.15) is 13.3 Å². The summed E-state index contributed by atoms with van der Waals surface area (Å²) in [5, 5.41) is 2.71. The number of carbonyl (C=O) groups is 1. The molecule has 0 radical (unpaired) electrons. The summed E-state index contributed by atoms with van der Waals surface area (Å²) in [7, 11) is 0. The van der Waals surface area contributed by atoms with Crippen molar-refractivity contribution in [3.63, 3.8) is 0 Å². The first-order chi connectivity index (χ1) is 5.16. The van der Waals surface area contributed by atoms with Crippen molar-refractivity contribution in [1.82, 2.24) is 5.32 Å². The molecule has 0 aromatic rings. The molecular weight excluding hydrogens is 158 g/mol. The van der Waals surface area contributed by atoms with Gasteiger partial charge >= 0.3 is 0 Å². The van der Waals surface area contributed by atoms with E-state index >= 15 is 0 Å². The zero-order valence-corrected chi connectivity index (χ0v) is 7.54. The van der Waals surface area contributed by atoms with Crippen LogP contribution < -0.4 is 5.32 Å². The largest absolute Gasteiger partial charge is 0.355 e. The first kappa shape index (κ1) is 10.2. The lowest BCUT2D eigenvalue weighted by molar-refractivity contribution is -0.120. The van der Waals surface area contributed by atoms with Crippen LogP contribution in [-0.2, 0) is 4.79 Å². The van der Waals surface area contributed by atoms with E-state index in [0.717, 1.165) is 11.3 Å². The van der Waals surface area contributed by atoms with Gasteiger partial charge in [-0.1, -0.05) is 12.2 Å². The summed E-state index contributed by atoms with van der Waals surface area (Å²) < 4.78 is 0. The molecular formula is C8H13NOS. The van der Waals surface area contributed by atoms with Crippen LogP contribution in [-0.4, -0.2) is 18.2 Å². The third-order valence-corrected chi connectivity index (χ3v) is 1.44. The molecule has 0 saturated heterocycles. The second kappa shape index (κ2) is 5.96. The fourth-order valence-corrected chi connectivity index (χ4v) is 0.806. The predicted molar refractivity (Wildman–Crippen MR) is 49.8 cm³/mol. The molecule has 1 N–H and O–H groups in total.